The molecule has 2 fully saturated rings. The number of nitrogens with zero attached hydrogens (tertiary/aromatic N) is 1. The number of halogens is 1. The highest BCUT2D eigenvalue weighted by Crippen LogP contribution is 2.38. The Kier molecular flexibility index (Phi) is 3.45. The summed E-state index contributed by atoms with van der Waals surface area (Å²) in [5.74, 6) is 5.27. The Labute approximate surface area is 117 Å². The number of carbonyl (C=O) groups excluding carboxylic acids is 1. The monoisotopic (exact) mass is 273 g/mol. The lowest BCUT2D eigenvalue weighted by Crippen LogP contribution is -2.38. The van der Waals surface area contributed by atoms with Gasteiger partial charge in [-0.25, -0.2) is 4.39 Å². The van der Waals surface area contributed by atoms with Crippen molar-refractivity contribution in [3.63, 3.8) is 0 Å². The second kappa shape index (κ2) is 5.26. The van der Waals surface area contributed by atoms with Crippen LogP contribution in [0.3, 0.4) is 0 Å². The molecule has 1 aliphatic carbocycles. The van der Waals surface area contributed by atoms with E-state index in [1.165, 1.54) is 24.6 Å². The van der Waals surface area contributed by atoms with Gasteiger partial charge in [0.25, 0.3) is 5.91 Å². The van der Waals surface area contributed by atoms with Crippen molar-refractivity contribution in [3.05, 3.63) is 35.1 Å². The second-order valence-corrected chi connectivity index (χ2v) is 5.44. The van der Waals surface area contributed by atoms with Gasteiger partial charge in [-0.05, 0) is 43.4 Å². The van der Waals surface area contributed by atoms with Crippen LogP contribution in [0.4, 0.5) is 4.39 Å². The van der Waals surface area contributed by atoms with Crippen molar-refractivity contribution in [2.75, 3.05) is 13.2 Å². The normalized spacial score (nSPS) is 23.6. The van der Waals surface area contributed by atoms with E-state index in [4.69, 9.17) is 5.11 Å². The Morgan fingerprint density at radius 3 is 2.95 bits per heavy atom. The summed E-state index contributed by atoms with van der Waals surface area (Å²) < 4.78 is 13.3. The highest BCUT2D eigenvalue weighted by Gasteiger charge is 2.40. The average molecular weight is 273 g/mol. The van der Waals surface area contributed by atoms with Crippen molar-refractivity contribution in [3.8, 4) is 11.8 Å². The molecule has 1 saturated carbocycles. The molecular weight excluding hydrogens is 257 g/mol. The Morgan fingerprint density at radius 2 is 2.30 bits per heavy atom. The zero-order valence-corrected chi connectivity index (χ0v) is 11.1. The van der Waals surface area contributed by atoms with Crippen molar-refractivity contribution in [1.82, 2.24) is 4.90 Å². The van der Waals surface area contributed by atoms with Crippen LogP contribution in [0, 0.1) is 23.6 Å². The molecule has 1 N–H and O–H groups in total. The minimum absolute atomic E-state index is 0.0700. The summed E-state index contributed by atoms with van der Waals surface area (Å²) in [4.78, 5) is 14.5. The van der Waals surface area contributed by atoms with Crippen LogP contribution in [0.1, 0.15) is 35.2 Å². The van der Waals surface area contributed by atoms with Gasteiger partial charge in [0.15, 0.2) is 0 Å². The maximum Gasteiger partial charge on any atom is 0.255 e. The van der Waals surface area contributed by atoms with Crippen LogP contribution in [0.5, 0.6) is 0 Å². The van der Waals surface area contributed by atoms with Gasteiger partial charge in [0.2, 0.25) is 0 Å². The summed E-state index contributed by atoms with van der Waals surface area (Å²) in [6.45, 7) is 0.492. The second-order valence-electron chi connectivity index (χ2n) is 5.44. The topological polar surface area (TPSA) is 40.5 Å². The number of carbonyl (C=O) groups is 1. The summed E-state index contributed by atoms with van der Waals surface area (Å²) >= 11 is 0. The van der Waals surface area contributed by atoms with E-state index in [1.807, 2.05) is 4.90 Å². The summed E-state index contributed by atoms with van der Waals surface area (Å²) in [7, 11) is 0. The van der Waals surface area contributed by atoms with Crippen molar-refractivity contribution >= 4 is 5.91 Å². The molecule has 1 amide bonds. The SMILES string of the molecule is O=C(c1ccc(F)cc1C#CCO)N1CC2CCC1C2. The third kappa shape index (κ3) is 2.30. The van der Waals surface area contributed by atoms with E-state index in [0.717, 1.165) is 19.4 Å². The first kappa shape index (κ1) is 13.1. The number of benzene rings is 1. The number of fused-ring (bicyclic) bond motifs is 2. The van der Waals surface area contributed by atoms with Gasteiger partial charge in [-0.1, -0.05) is 11.8 Å². The van der Waals surface area contributed by atoms with Crippen LogP contribution in [0.15, 0.2) is 18.2 Å². The first-order chi connectivity index (χ1) is 9.69. The summed E-state index contributed by atoms with van der Waals surface area (Å²) in [5.41, 5.74) is 0.784. The number of rotatable bonds is 1. The maximum absolute atomic E-state index is 13.3. The van der Waals surface area contributed by atoms with Crippen LogP contribution in [-0.2, 0) is 0 Å². The molecule has 1 saturated heterocycles. The Morgan fingerprint density at radius 1 is 1.45 bits per heavy atom. The lowest BCUT2D eigenvalue weighted by atomic mass is 10.0. The van der Waals surface area contributed by atoms with Gasteiger partial charge in [0.1, 0.15) is 12.4 Å². The lowest BCUT2D eigenvalue weighted by Gasteiger charge is -2.27. The highest BCUT2D eigenvalue weighted by atomic mass is 19.1. The van der Waals surface area contributed by atoms with Crippen LogP contribution in [0.2, 0.25) is 0 Å². The molecule has 3 nitrogen and oxygen atoms in total. The smallest absolute Gasteiger partial charge is 0.255 e. The van der Waals surface area contributed by atoms with E-state index < -0.39 is 5.82 Å². The van der Waals surface area contributed by atoms with E-state index >= 15 is 0 Å². The molecular formula is C16H16FNO2. The van der Waals surface area contributed by atoms with Crippen molar-refractivity contribution in [1.29, 1.82) is 0 Å². The Balaban J connectivity index is 1.91. The standard InChI is InChI=1S/C16H16FNO2/c17-13-4-6-15(12(9-13)2-1-7-19)16(20)18-10-11-3-5-14(18)8-11/h4,6,9,11,14,19H,3,5,7-8,10H2. The van der Waals surface area contributed by atoms with Gasteiger partial charge in [-0.15, -0.1) is 0 Å². The van der Waals surface area contributed by atoms with Crippen LogP contribution < -0.4 is 0 Å². The zero-order chi connectivity index (χ0) is 14.1. The van der Waals surface area contributed by atoms with Gasteiger partial charge in [0, 0.05) is 18.2 Å². The predicted molar refractivity (Wildman–Crippen MR) is 72.5 cm³/mol. The molecule has 2 aliphatic rings. The fourth-order valence-corrected chi connectivity index (χ4v) is 3.27. The van der Waals surface area contributed by atoms with Crippen molar-refractivity contribution < 1.29 is 14.3 Å². The fraction of sp³-hybridized carbons (Fsp3) is 0.438. The van der Waals surface area contributed by atoms with Gasteiger partial charge in [-0.2, -0.15) is 0 Å². The first-order valence-corrected chi connectivity index (χ1v) is 6.89. The number of hydrogen-bond donors (Lipinski definition) is 1. The van der Waals surface area contributed by atoms with Crippen molar-refractivity contribution in [2.45, 2.75) is 25.3 Å². The number of hydrogen-bond acceptors (Lipinski definition) is 2. The minimum atomic E-state index is -0.424. The van der Waals surface area contributed by atoms with E-state index in [9.17, 15) is 9.18 Å². The molecule has 0 aromatic heterocycles. The molecule has 1 heterocycles. The van der Waals surface area contributed by atoms with Crippen molar-refractivity contribution in [2.24, 2.45) is 5.92 Å². The molecule has 1 aromatic rings. The van der Waals surface area contributed by atoms with E-state index in [0.29, 0.717) is 23.1 Å². The highest BCUT2D eigenvalue weighted by molar-refractivity contribution is 5.97. The number of likely N-dealkylation sites (tertiary alicyclic amines) is 1. The fourth-order valence-electron chi connectivity index (χ4n) is 3.27. The molecule has 0 spiro atoms. The zero-order valence-electron chi connectivity index (χ0n) is 11.1. The average Bonchev–Trinajstić information content (AvgIpc) is 3.07. The molecule has 1 aromatic carbocycles. The Hall–Kier alpha value is -1.86. The molecule has 4 heteroatoms. The number of aliphatic hydroxyl groups excluding tert-OH is 1. The maximum atomic E-state index is 13.3. The molecule has 104 valence electrons. The van der Waals surface area contributed by atoms with Gasteiger partial charge in [0.05, 0.1) is 5.56 Å². The summed E-state index contributed by atoms with van der Waals surface area (Å²) in [6, 6.07) is 4.36. The van der Waals surface area contributed by atoms with E-state index in [-0.39, 0.29) is 12.5 Å². The number of aliphatic hydroxyl groups is 1. The summed E-state index contributed by atoms with van der Waals surface area (Å²) in [6.07, 6.45) is 3.36. The van der Waals surface area contributed by atoms with E-state index in [2.05, 4.69) is 11.8 Å². The largest absolute Gasteiger partial charge is 0.384 e. The quantitative estimate of drug-likeness (QED) is 0.793. The molecule has 1 aliphatic heterocycles. The van der Waals surface area contributed by atoms with Crippen LogP contribution >= 0.6 is 0 Å². The van der Waals surface area contributed by atoms with E-state index in [1.54, 1.807) is 0 Å². The summed E-state index contributed by atoms with van der Waals surface area (Å²) in [5, 5.41) is 8.76. The molecule has 3 rings (SSSR count). The minimum Gasteiger partial charge on any atom is -0.384 e. The van der Waals surface area contributed by atoms with Gasteiger partial charge < -0.3 is 10.0 Å². The van der Waals surface area contributed by atoms with Gasteiger partial charge in [-0.3, -0.25) is 4.79 Å². The molecule has 2 bridgehead atoms. The lowest BCUT2D eigenvalue weighted by molar-refractivity contribution is 0.0703. The van der Waals surface area contributed by atoms with Crippen LogP contribution in [-0.4, -0.2) is 35.1 Å². The third-order valence-electron chi connectivity index (χ3n) is 4.18. The van der Waals surface area contributed by atoms with Crippen LogP contribution in [0.25, 0.3) is 0 Å². The molecule has 20 heavy (non-hydrogen) atoms. The first-order valence-electron chi connectivity index (χ1n) is 6.89. The molecule has 0 radical (unpaired) electrons. The van der Waals surface area contributed by atoms with Gasteiger partial charge >= 0.3 is 0 Å². The number of piperidine rings is 1. The predicted octanol–water partition coefficient (Wildman–Crippen LogP) is 1.79. The third-order valence-corrected chi connectivity index (χ3v) is 4.18. The Bertz CT molecular complexity index is 602. The number of amides is 1. The molecule has 2 atom stereocenters. The molecule has 2 unspecified atom stereocenters.